The first-order chi connectivity index (χ1) is 8.45. The molecule has 0 saturated carbocycles. The minimum atomic E-state index is -3.15. The van der Waals surface area contributed by atoms with Gasteiger partial charge in [0.05, 0.1) is 12.4 Å². The maximum atomic E-state index is 12.0. The minimum absolute atomic E-state index is 0.113. The number of likely N-dealkylation sites (N-methyl/N-ethyl adjacent to an activating group) is 1. The molecule has 0 bridgehead atoms. The van der Waals surface area contributed by atoms with Crippen molar-refractivity contribution in [1.82, 2.24) is 9.62 Å². The number of hydrogen-bond acceptors (Lipinski definition) is 4. The molecule has 0 aromatic heterocycles. The van der Waals surface area contributed by atoms with Crippen LogP contribution in [-0.2, 0) is 14.8 Å². The largest absolute Gasteiger partial charge is 0.383 e. The Kier molecular flexibility index (Phi) is 9.63. The standard InChI is InChI=1S/C12H28N2O3S/c1-5-8-13-9-6-7-10-18(15,16)14(3)12(2)11-17-4/h12-13H,5-11H2,1-4H3. The molecule has 0 radical (unpaired) electrons. The quantitative estimate of drug-likeness (QED) is 0.575. The van der Waals surface area contributed by atoms with E-state index in [-0.39, 0.29) is 11.8 Å². The summed E-state index contributed by atoms with van der Waals surface area (Å²) in [6, 6.07) is -0.113. The summed E-state index contributed by atoms with van der Waals surface area (Å²) in [5, 5.41) is 3.27. The predicted molar refractivity (Wildman–Crippen MR) is 75.3 cm³/mol. The van der Waals surface area contributed by atoms with Gasteiger partial charge in [-0.3, -0.25) is 0 Å². The van der Waals surface area contributed by atoms with Gasteiger partial charge in [-0.2, -0.15) is 4.31 Å². The van der Waals surface area contributed by atoms with Crippen LogP contribution in [-0.4, -0.2) is 58.4 Å². The zero-order valence-electron chi connectivity index (χ0n) is 12.1. The second-order valence-electron chi connectivity index (χ2n) is 4.59. The van der Waals surface area contributed by atoms with Crippen LogP contribution in [0.25, 0.3) is 0 Å². The van der Waals surface area contributed by atoms with Crippen LogP contribution in [0.2, 0.25) is 0 Å². The lowest BCUT2D eigenvalue weighted by molar-refractivity contribution is 0.149. The van der Waals surface area contributed by atoms with Crippen molar-refractivity contribution in [1.29, 1.82) is 0 Å². The van der Waals surface area contributed by atoms with E-state index in [4.69, 9.17) is 4.74 Å². The van der Waals surface area contributed by atoms with E-state index in [0.29, 0.717) is 13.0 Å². The van der Waals surface area contributed by atoms with Gasteiger partial charge >= 0.3 is 0 Å². The van der Waals surface area contributed by atoms with E-state index in [9.17, 15) is 8.42 Å². The molecule has 6 heteroatoms. The number of unbranched alkanes of at least 4 members (excludes halogenated alkanes) is 1. The molecule has 0 amide bonds. The predicted octanol–water partition coefficient (Wildman–Crippen LogP) is 1.06. The zero-order chi connectivity index (χ0) is 14.0. The number of hydrogen-bond donors (Lipinski definition) is 1. The second kappa shape index (κ2) is 9.72. The summed E-state index contributed by atoms with van der Waals surface area (Å²) in [4.78, 5) is 0. The van der Waals surface area contributed by atoms with Gasteiger partial charge in [-0.25, -0.2) is 8.42 Å². The molecule has 0 spiro atoms. The van der Waals surface area contributed by atoms with Crippen molar-refractivity contribution in [3.05, 3.63) is 0 Å². The first-order valence-corrected chi connectivity index (χ1v) is 8.22. The van der Waals surface area contributed by atoms with E-state index in [1.165, 1.54) is 4.31 Å². The fraction of sp³-hybridized carbons (Fsp3) is 1.00. The maximum absolute atomic E-state index is 12.0. The number of nitrogens with one attached hydrogen (secondary N) is 1. The smallest absolute Gasteiger partial charge is 0.214 e. The van der Waals surface area contributed by atoms with Crippen molar-refractivity contribution >= 4 is 10.0 Å². The van der Waals surface area contributed by atoms with Gasteiger partial charge in [-0.1, -0.05) is 6.92 Å². The summed E-state index contributed by atoms with van der Waals surface area (Å²) in [6.45, 7) is 6.28. The summed E-state index contributed by atoms with van der Waals surface area (Å²) < 4.78 is 30.4. The molecular weight excluding hydrogens is 252 g/mol. The summed E-state index contributed by atoms with van der Waals surface area (Å²) in [5.74, 6) is 0.214. The molecule has 0 fully saturated rings. The Morgan fingerprint density at radius 1 is 1.28 bits per heavy atom. The monoisotopic (exact) mass is 280 g/mol. The highest BCUT2D eigenvalue weighted by atomic mass is 32.2. The van der Waals surface area contributed by atoms with E-state index in [1.54, 1.807) is 14.2 Å². The molecule has 0 rings (SSSR count). The van der Waals surface area contributed by atoms with Gasteiger partial charge in [0.15, 0.2) is 0 Å². The van der Waals surface area contributed by atoms with Gasteiger partial charge < -0.3 is 10.1 Å². The lowest BCUT2D eigenvalue weighted by Crippen LogP contribution is -2.39. The number of rotatable bonds is 11. The first kappa shape index (κ1) is 17.8. The van der Waals surface area contributed by atoms with E-state index in [2.05, 4.69) is 12.2 Å². The molecular formula is C12H28N2O3S. The number of methoxy groups -OCH3 is 1. The molecule has 18 heavy (non-hydrogen) atoms. The van der Waals surface area contributed by atoms with E-state index in [1.807, 2.05) is 6.92 Å². The van der Waals surface area contributed by atoms with Gasteiger partial charge in [-0.15, -0.1) is 0 Å². The summed E-state index contributed by atoms with van der Waals surface area (Å²) in [6.07, 6.45) is 2.70. The molecule has 1 atom stereocenters. The molecule has 5 nitrogen and oxygen atoms in total. The highest BCUT2D eigenvalue weighted by Gasteiger charge is 2.22. The van der Waals surface area contributed by atoms with Crippen LogP contribution in [0.3, 0.4) is 0 Å². The van der Waals surface area contributed by atoms with Crippen molar-refractivity contribution in [2.75, 3.05) is 39.6 Å². The Labute approximate surface area is 112 Å². The van der Waals surface area contributed by atoms with Crippen LogP contribution in [0.15, 0.2) is 0 Å². The molecule has 0 aliphatic heterocycles. The average Bonchev–Trinajstić information content (AvgIpc) is 2.33. The third kappa shape index (κ3) is 7.31. The van der Waals surface area contributed by atoms with E-state index >= 15 is 0 Å². The summed E-state index contributed by atoms with van der Waals surface area (Å²) >= 11 is 0. The first-order valence-electron chi connectivity index (χ1n) is 6.61. The topological polar surface area (TPSA) is 58.6 Å². The Morgan fingerprint density at radius 3 is 2.50 bits per heavy atom. The van der Waals surface area contributed by atoms with Gasteiger partial charge in [0.2, 0.25) is 10.0 Å². The highest BCUT2D eigenvalue weighted by molar-refractivity contribution is 7.89. The van der Waals surface area contributed by atoms with Gasteiger partial charge in [0, 0.05) is 20.2 Å². The Bertz CT molecular complexity index is 294. The van der Waals surface area contributed by atoms with Crippen LogP contribution in [0.5, 0.6) is 0 Å². The molecule has 1 N–H and O–H groups in total. The molecule has 0 heterocycles. The van der Waals surface area contributed by atoms with E-state index in [0.717, 1.165) is 25.9 Å². The Balaban J connectivity index is 3.92. The number of ether oxygens (including phenoxy) is 1. The van der Waals surface area contributed by atoms with Crippen molar-refractivity contribution in [2.24, 2.45) is 0 Å². The van der Waals surface area contributed by atoms with Gasteiger partial charge in [0.25, 0.3) is 0 Å². The fourth-order valence-electron chi connectivity index (χ4n) is 1.60. The molecule has 110 valence electrons. The number of sulfonamides is 1. The van der Waals surface area contributed by atoms with Gasteiger partial charge in [-0.05, 0) is 39.3 Å². The van der Waals surface area contributed by atoms with Gasteiger partial charge in [0.1, 0.15) is 0 Å². The maximum Gasteiger partial charge on any atom is 0.214 e. The Hall–Kier alpha value is -0.170. The highest BCUT2D eigenvalue weighted by Crippen LogP contribution is 2.07. The molecule has 0 aliphatic rings. The Morgan fingerprint density at radius 2 is 1.94 bits per heavy atom. The third-order valence-corrected chi connectivity index (χ3v) is 4.94. The van der Waals surface area contributed by atoms with Crippen LogP contribution in [0.4, 0.5) is 0 Å². The number of nitrogens with zero attached hydrogens (tertiary/aromatic N) is 1. The van der Waals surface area contributed by atoms with Crippen LogP contribution >= 0.6 is 0 Å². The normalized spacial score (nSPS) is 14.1. The van der Waals surface area contributed by atoms with Crippen molar-refractivity contribution < 1.29 is 13.2 Å². The molecule has 1 unspecified atom stereocenters. The average molecular weight is 280 g/mol. The fourth-order valence-corrected chi connectivity index (χ4v) is 3.07. The summed E-state index contributed by atoms with van der Waals surface area (Å²) in [5.41, 5.74) is 0. The van der Waals surface area contributed by atoms with Crippen molar-refractivity contribution in [2.45, 2.75) is 39.2 Å². The lowest BCUT2D eigenvalue weighted by atomic mass is 10.3. The summed E-state index contributed by atoms with van der Waals surface area (Å²) in [7, 11) is 0.0502. The molecule has 0 aromatic carbocycles. The lowest BCUT2D eigenvalue weighted by Gasteiger charge is -2.23. The van der Waals surface area contributed by atoms with Crippen LogP contribution in [0, 0.1) is 0 Å². The zero-order valence-corrected chi connectivity index (χ0v) is 12.9. The molecule has 0 aliphatic carbocycles. The minimum Gasteiger partial charge on any atom is -0.383 e. The third-order valence-electron chi connectivity index (χ3n) is 2.90. The van der Waals surface area contributed by atoms with E-state index < -0.39 is 10.0 Å². The van der Waals surface area contributed by atoms with Crippen LogP contribution < -0.4 is 5.32 Å². The SMILES string of the molecule is CCCNCCCCS(=O)(=O)N(C)C(C)COC. The second-order valence-corrected chi connectivity index (χ2v) is 6.74. The molecule has 0 saturated heterocycles. The van der Waals surface area contributed by atoms with Crippen molar-refractivity contribution in [3.8, 4) is 0 Å². The van der Waals surface area contributed by atoms with Crippen LogP contribution in [0.1, 0.15) is 33.1 Å². The van der Waals surface area contributed by atoms with Crippen molar-refractivity contribution in [3.63, 3.8) is 0 Å². The molecule has 0 aromatic rings.